The second-order valence-corrected chi connectivity index (χ2v) is 13.3. The van der Waals surface area contributed by atoms with Gasteiger partial charge < -0.3 is 10.1 Å². The van der Waals surface area contributed by atoms with Gasteiger partial charge in [0.25, 0.3) is 0 Å². The highest BCUT2D eigenvalue weighted by molar-refractivity contribution is 5.90. The van der Waals surface area contributed by atoms with Gasteiger partial charge >= 0.3 is 0 Å². The van der Waals surface area contributed by atoms with Crippen LogP contribution in [0.25, 0.3) is 28.0 Å². The van der Waals surface area contributed by atoms with Crippen molar-refractivity contribution >= 4 is 5.70 Å². The number of hydrogen-bond donors (Lipinski definition) is 2. The van der Waals surface area contributed by atoms with E-state index in [4.69, 9.17) is 4.74 Å². The summed E-state index contributed by atoms with van der Waals surface area (Å²) < 4.78 is 6.92. The molecule has 0 saturated carbocycles. The van der Waals surface area contributed by atoms with Crippen molar-refractivity contribution in [3.05, 3.63) is 221 Å². The lowest BCUT2D eigenvalue weighted by molar-refractivity contribution is 0.438. The molecule has 2 aliphatic heterocycles. The fourth-order valence-corrected chi connectivity index (χ4v) is 8.43. The Balaban J connectivity index is 1.09. The van der Waals surface area contributed by atoms with Crippen LogP contribution in [0.2, 0.25) is 0 Å². The van der Waals surface area contributed by atoms with Crippen LogP contribution in [-0.4, -0.2) is 0 Å². The van der Waals surface area contributed by atoms with E-state index in [0.717, 1.165) is 28.3 Å². The van der Waals surface area contributed by atoms with Gasteiger partial charge in [0.05, 0.1) is 11.5 Å². The van der Waals surface area contributed by atoms with Gasteiger partial charge in [-0.1, -0.05) is 170 Å². The molecule has 50 heavy (non-hydrogen) atoms. The molecule has 3 heteroatoms. The molecule has 10 rings (SSSR count). The number of benzene rings is 7. The molecule has 3 aliphatic rings. The third-order valence-corrected chi connectivity index (χ3v) is 10.7. The van der Waals surface area contributed by atoms with Crippen molar-refractivity contribution in [2.45, 2.75) is 17.6 Å². The highest BCUT2D eigenvalue weighted by Gasteiger charge is 2.51. The second-order valence-electron chi connectivity index (χ2n) is 13.3. The summed E-state index contributed by atoms with van der Waals surface area (Å²) in [6, 6.07) is 63.2. The minimum atomic E-state index is -0.475. The average molecular weight is 643 g/mol. The molecule has 2 unspecified atom stereocenters. The molecule has 0 bridgehead atoms. The number of hydrogen-bond acceptors (Lipinski definition) is 3. The van der Waals surface area contributed by atoms with E-state index >= 15 is 0 Å². The predicted octanol–water partition coefficient (Wildman–Crippen LogP) is 10.8. The normalized spacial score (nSPS) is 17.7. The molecule has 2 N–H and O–H groups in total. The SMILES string of the molecule is C1=C(c2ccccc2)NC(c2ccccc2)NC1c1ccc(-c2cccc3c2Oc2ccccc2C32c3ccccc3-c3ccccc32)cc1. The highest BCUT2D eigenvalue weighted by atomic mass is 16.5. The smallest absolute Gasteiger partial charge is 0.140 e. The van der Waals surface area contributed by atoms with Crippen LogP contribution >= 0.6 is 0 Å². The molecule has 0 amide bonds. The number of fused-ring (bicyclic) bond motifs is 9. The van der Waals surface area contributed by atoms with E-state index < -0.39 is 5.41 Å². The maximum Gasteiger partial charge on any atom is 0.140 e. The molecule has 3 nitrogen and oxygen atoms in total. The van der Waals surface area contributed by atoms with Gasteiger partial charge in [0.2, 0.25) is 0 Å². The standard InChI is InChI=1S/C47H34N2O/c1-3-14-32(15-4-1)42-30-43(49-46(48-42)34-16-5-2-6-17-34)33-28-26-31(27-29-33)35-20-13-24-41-45(35)50-44-25-12-11-23-40(44)47(41)38-21-9-7-18-36(38)37-19-8-10-22-39(37)47/h1-30,43,46,48-49H. The van der Waals surface area contributed by atoms with Crippen LogP contribution in [0.4, 0.5) is 0 Å². The lowest BCUT2D eigenvalue weighted by atomic mass is 9.65. The van der Waals surface area contributed by atoms with Crippen LogP contribution in [0, 0.1) is 0 Å². The maximum absolute atomic E-state index is 6.92. The van der Waals surface area contributed by atoms with Gasteiger partial charge in [0, 0.05) is 22.4 Å². The van der Waals surface area contributed by atoms with E-state index in [9.17, 15) is 0 Å². The summed E-state index contributed by atoms with van der Waals surface area (Å²) in [6.45, 7) is 0. The lowest BCUT2D eigenvalue weighted by Gasteiger charge is -2.40. The molecule has 0 saturated heterocycles. The summed E-state index contributed by atoms with van der Waals surface area (Å²) in [5.41, 5.74) is 14.0. The quantitative estimate of drug-likeness (QED) is 0.200. The van der Waals surface area contributed by atoms with Gasteiger partial charge in [0.1, 0.15) is 17.7 Å². The number of ether oxygens (including phenoxy) is 1. The van der Waals surface area contributed by atoms with Gasteiger partial charge in [0.15, 0.2) is 0 Å². The number of nitrogens with one attached hydrogen (secondary N) is 2. The first-order valence-corrected chi connectivity index (χ1v) is 17.3. The van der Waals surface area contributed by atoms with Gasteiger partial charge in [-0.15, -0.1) is 0 Å². The van der Waals surface area contributed by atoms with Gasteiger partial charge in [-0.3, -0.25) is 5.32 Å². The van der Waals surface area contributed by atoms with Gasteiger partial charge in [-0.05, 0) is 56.6 Å². The Bertz CT molecular complexity index is 2370. The molecule has 0 aromatic heterocycles. The third kappa shape index (κ3) is 4.34. The van der Waals surface area contributed by atoms with Crippen molar-refractivity contribution in [1.29, 1.82) is 0 Å². The molecule has 2 heterocycles. The van der Waals surface area contributed by atoms with Crippen molar-refractivity contribution in [3.63, 3.8) is 0 Å². The average Bonchev–Trinajstić information content (AvgIpc) is 3.49. The number of para-hydroxylation sites is 2. The van der Waals surface area contributed by atoms with E-state index in [1.165, 1.54) is 50.1 Å². The minimum absolute atomic E-state index is 0.0216. The summed E-state index contributed by atoms with van der Waals surface area (Å²) >= 11 is 0. The first-order valence-electron chi connectivity index (χ1n) is 17.3. The summed E-state index contributed by atoms with van der Waals surface area (Å²) in [6.07, 6.45) is 2.27. The molecular formula is C47H34N2O. The van der Waals surface area contributed by atoms with E-state index in [-0.39, 0.29) is 12.2 Å². The maximum atomic E-state index is 6.92. The monoisotopic (exact) mass is 642 g/mol. The van der Waals surface area contributed by atoms with E-state index in [1.807, 2.05) is 0 Å². The Morgan fingerprint density at radius 2 is 1.02 bits per heavy atom. The van der Waals surface area contributed by atoms with Crippen LogP contribution in [0.15, 0.2) is 182 Å². The molecule has 238 valence electrons. The Hall–Kier alpha value is -6.16. The molecule has 2 atom stereocenters. The Kier molecular flexibility index (Phi) is 6.61. The Morgan fingerprint density at radius 1 is 0.440 bits per heavy atom. The Morgan fingerprint density at radius 3 is 1.74 bits per heavy atom. The third-order valence-electron chi connectivity index (χ3n) is 10.7. The van der Waals surface area contributed by atoms with Crippen molar-refractivity contribution in [2.75, 3.05) is 0 Å². The van der Waals surface area contributed by atoms with Crippen molar-refractivity contribution < 1.29 is 4.74 Å². The largest absolute Gasteiger partial charge is 0.456 e. The summed E-state index contributed by atoms with van der Waals surface area (Å²) in [5.74, 6) is 1.82. The molecule has 1 aliphatic carbocycles. The van der Waals surface area contributed by atoms with E-state index in [0.29, 0.717) is 0 Å². The van der Waals surface area contributed by atoms with Crippen molar-refractivity contribution in [2.24, 2.45) is 0 Å². The fraction of sp³-hybridized carbons (Fsp3) is 0.0638. The van der Waals surface area contributed by atoms with Crippen LogP contribution < -0.4 is 15.4 Å². The summed E-state index contributed by atoms with van der Waals surface area (Å²) in [4.78, 5) is 0. The topological polar surface area (TPSA) is 33.3 Å². The molecule has 0 fully saturated rings. The van der Waals surface area contributed by atoms with Crippen LogP contribution in [0.3, 0.4) is 0 Å². The van der Waals surface area contributed by atoms with E-state index in [1.54, 1.807) is 0 Å². The minimum Gasteiger partial charge on any atom is -0.456 e. The summed E-state index contributed by atoms with van der Waals surface area (Å²) in [5, 5.41) is 7.58. The molecule has 1 spiro atoms. The second kappa shape index (κ2) is 11.5. The van der Waals surface area contributed by atoms with Crippen LogP contribution in [0.1, 0.15) is 51.2 Å². The first kappa shape index (κ1) is 28.8. The van der Waals surface area contributed by atoms with Crippen LogP contribution in [0.5, 0.6) is 11.5 Å². The Labute approximate surface area is 292 Å². The predicted molar refractivity (Wildman–Crippen MR) is 202 cm³/mol. The highest BCUT2D eigenvalue weighted by Crippen LogP contribution is 2.63. The fourth-order valence-electron chi connectivity index (χ4n) is 8.43. The van der Waals surface area contributed by atoms with Gasteiger partial charge in [-0.2, -0.15) is 0 Å². The summed E-state index contributed by atoms with van der Waals surface area (Å²) in [7, 11) is 0. The molecule has 7 aromatic carbocycles. The van der Waals surface area contributed by atoms with Crippen molar-refractivity contribution in [3.8, 4) is 33.8 Å². The number of rotatable bonds is 4. The zero-order valence-corrected chi connectivity index (χ0v) is 27.4. The van der Waals surface area contributed by atoms with Gasteiger partial charge in [-0.25, -0.2) is 0 Å². The zero-order chi connectivity index (χ0) is 33.1. The molecule has 0 radical (unpaired) electrons. The van der Waals surface area contributed by atoms with E-state index in [2.05, 4.69) is 193 Å². The lowest BCUT2D eigenvalue weighted by Crippen LogP contribution is -2.39. The van der Waals surface area contributed by atoms with Crippen molar-refractivity contribution in [1.82, 2.24) is 10.6 Å². The van der Waals surface area contributed by atoms with Crippen LogP contribution in [-0.2, 0) is 5.41 Å². The molecular weight excluding hydrogens is 609 g/mol. The first-order chi connectivity index (χ1) is 24.8. The zero-order valence-electron chi connectivity index (χ0n) is 27.4. The molecule has 7 aromatic rings.